The summed E-state index contributed by atoms with van der Waals surface area (Å²) in [4.78, 5) is 0. The van der Waals surface area contributed by atoms with E-state index < -0.39 is 11.6 Å². The minimum atomic E-state index is -0.397. The van der Waals surface area contributed by atoms with E-state index in [4.69, 9.17) is 27.9 Å². The van der Waals surface area contributed by atoms with Crippen LogP contribution in [0.15, 0.2) is 36.4 Å². The van der Waals surface area contributed by atoms with Gasteiger partial charge in [-0.25, -0.2) is 8.78 Å². The van der Waals surface area contributed by atoms with Crippen LogP contribution < -0.4 is 0 Å². The molecule has 2 atom stereocenters. The molecule has 1 aliphatic heterocycles. The monoisotopic (exact) mass is 300 g/mol. The molecule has 2 aromatic rings. The Morgan fingerprint density at radius 2 is 1.21 bits per heavy atom. The van der Waals surface area contributed by atoms with Gasteiger partial charge in [-0.3, -0.25) is 0 Å². The van der Waals surface area contributed by atoms with Gasteiger partial charge in [0, 0.05) is 21.2 Å². The van der Waals surface area contributed by atoms with Crippen molar-refractivity contribution in [2.45, 2.75) is 12.2 Å². The van der Waals surface area contributed by atoms with E-state index in [9.17, 15) is 8.78 Å². The average Bonchev–Trinajstić information content (AvgIpc) is 3.08. The largest absolute Gasteiger partial charge is 0.359 e. The lowest BCUT2D eigenvalue weighted by Gasteiger charge is -2.02. The van der Waals surface area contributed by atoms with Crippen molar-refractivity contribution in [2.24, 2.45) is 0 Å². The molecule has 19 heavy (non-hydrogen) atoms. The molecule has 1 saturated heterocycles. The molecule has 0 spiro atoms. The number of halogens is 4. The molecule has 0 aromatic heterocycles. The lowest BCUT2D eigenvalue weighted by Crippen LogP contribution is -1.89. The summed E-state index contributed by atoms with van der Waals surface area (Å²) in [5, 5.41) is 0.622. The van der Waals surface area contributed by atoms with E-state index in [0.29, 0.717) is 21.2 Å². The first kappa shape index (κ1) is 12.9. The Morgan fingerprint density at radius 1 is 0.789 bits per heavy atom. The second-order valence-corrected chi connectivity index (χ2v) is 5.12. The second kappa shape index (κ2) is 4.75. The fourth-order valence-corrected chi connectivity index (χ4v) is 2.60. The Balaban J connectivity index is 1.88. The first-order chi connectivity index (χ1) is 9.06. The van der Waals surface area contributed by atoms with Gasteiger partial charge in [-0.2, -0.15) is 0 Å². The summed E-state index contributed by atoms with van der Waals surface area (Å²) in [6.45, 7) is 0. The smallest absolute Gasteiger partial charge is 0.124 e. The summed E-state index contributed by atoms with van der Waals surface area (Å²) in [5.41, 5.74) is 1.40. The van der Waals surface area contributed by atoms with Crippen LogP contribution in [-0.4, -0.2) is 0 Å². The van der Waals surface area contributed by atoms with Crippen LogP contribution in [0.4, 0.5) is 8.78 Å². The van der Waals surface area contributed by atoms with E-state index in [0.717, 1.165) is 0 Å². The van der Waals surface area contributed by atoms with Gasteiger partial charge in [-0.05, 0) is 24.3 Å². The van der Waals surface area contributed by atoms with E-state index in [1.165, 1.54) is 24.3 Å². The summed E-state index contributed by atoms with van der Waals surface area (Å²) >= 11 is 11.9. The van der Waals surface area contributed by atoms with Crippen LogP contribution in [0.1, 0.15) is 23.3 Å². The van der Waals surface area contributed by atoms with Crippen molar-refractivity contribution in [3.8, 4) is 0 Å². The van der Waals surface area contributed by atoms with E-state index in [-0.39, 0.29) is 12.2 Å². The highest BCUT2D eigenvalue weighted by Gasteiger charge is 2.43. The van der Waals surface area contributed by atoms with Gasteiger partial charge >= 0.3 is 0 Å². The van der Waals surface area contributed by atoms with E-state index in [2.05, 4.69) is 0 Å². The zero-order chi connectivity index (χ0) is 13.6. The van der Waals surface area contributed by atoms with Crippen molar-refractivity contribution in [2.75, 3.05) is 0 Å². The van der Waals surface area contributed by atoms with Gasteiger partial charge in [-0.1, -0.05) is 35.3 Å². The van der Waals surface area contributed by atoms with E-state index in [1.807, 2.05) is 0 Å². The molecule has 1 heterocycles. The van der Waals surface area contributed by atoms with Gasteiger partial charge in [0.25, 0.3) is 0 Å². The molecule has 5 heteroatoms. The minimum Gasteiger partial charge on any atom is -0.359 e. The fourth-order valence-electron chi connectivity index (χ4n) is 2.05. The third-order valence-electron chi connectivity index (χ3n) is 3.03. The Kier molecular flexibility index (Phi) is 3.21. The van der Waals surface area contributed by atoms with Crippen LogP contribution in [0.25, 0.3) is 0 Å². The molecule has 0 bridgehead atoms. The molecule has 0 N–H and O–H groups in total. The van der Waals surface area contributed by atoms with Crippen LogP contribution in [0.3, 0.4) is 0 Å². The maximum atomic E-state index is 13.0. The van der Waals surface area contributed by atoms with Crippen molar-refractivity contribution < 1.29 is 13.5 Å². The summed E-state index contributed by atoms with van der Waals surface area (Å²) < 4.78 is 31.5. The first-order valence-electron chi connectivity index (χ1n) is 5.61. The average molecular weight is 301 g/mol. The molecule has 3 rings (SSSR count). The Bertz CT molecular complexity index is 590. The van der Waals surface area contributed by atoms with Gasteiger partial charge in [0.05, 0.1) is 0 Å². The molecule has 0 unspecified atom stereocenters. The van der Waals surface area contributed by atoms with E-state index >= 15 is 0 Å². The zero-order valence-electron chi connectivity index (χ0n) is 9.54. The molecule has 2 aromatic carbocycles. The van der Waals surface area contributed by atoms with Crippen molar-refractivity contribution in [1.29, 1.82) is 0 Å². The van der Waals surface area contributed by atoms with Crippen LogP contribution >= 0.6 is 23.2 Å². The number of epoxide rings is 1. The molecule has 0 aliphatic carbocycles. The molecular formula is C14H8Cl2F2O. The van der Waals surface area contributed by atoms with Gasteiger partial charge < -0.3 is 4.74 Å². The first-order valence-corrected chi connectivity index (χ1v) is 6.37. The van der Waals surface area contributed by atoms with Crippen LogP contribution in [-0.2, 0) is 4.74 Å². The zero-order valence-corrected chi connectivity index (χ0v) is 11.1. The van der Waals surface area contributed by atoms with Gasteiger partial charge in [0.1, 0.15) is 23.8 Å². The van der Waals surface area contributed by atoms with E-state index in [1.54, 1.807) is 12.1 Å². The third kappa shape index (κ3) is 2.46. The predicted molar refractivity (Wildman–Crippen MR) is 69.4 cm³/mol. The maximum absolute atomic E-state index is 13.0. The van der Waals surface area contributed by atoms with Crippen molar-refractivity contribution >= 4 is 23.2 Å². The van der Waals surface area contributed by atoms with Gasteiger partial charge in [0.2, 0.25) is 0 Å². The highest BCUT2D eigenvalue weighted by Crippen LogP contribution is 2.54. The summed E-state index contributed by atoms with van der Waals surface area (Å²) in [6, 6.07) is 8.29. The predicted octanol–water partition coefficient (Wildman–Crippen LogP) is 5.08. The van der Waals surface area contributed by atoms with Crippen molar-refractivity contribution in [1.82, 2.24) is 0 Å². The molecule has 0 saturated carbocycles. The molecule has 98 valence electrons. The molecule has 1 nitrogen and oxygen atoms in total. The third-order valence-corrected chi connectivity index (χ3v) is 3.68. The summed E-state index contributed by atoms with van der Waals surface area (Å²) in [6.07, 6.45) is -0.535. The standard InChI is InChI=1S/C14H8Cl2F2O/c15-11-5-7(17)1-3-9(11)13-14(19-13)10-4-2-8(18)6-12(10)16/h1-6,13-14H/t13-,14-/m1/s1. The minimum absolute atomic E-state index is 0.268. The molecule has 1 aliphatic rings. The SMILES string of the molecule is Fc1ccc([C@H]2O[C@@H]2c2ccc(F)cc2Cl)c(Cl)c1. The second-order valence-electron chi connectivity index (χ2n) is 4.31. The lowest BCUT2D eigenvalue weighted by atomic mass is 10.0. The Labute approximate surface area is 118 Å². The molecular weight excluding hydrogens is 293 g/mol. The lowest BCUT2D eigenvalue weighted by molar-refractivity contribution is 0.377. The number of hydrogen-bond donors (Lipinski definition) is 0. The summed E-state index contributed by atoms with van der Waals surface area (Å²) in [7, 11) is 0. The molecule has 1 fully saturated rings. The Hall–Kier alpha value is -1.16. The molecule has 0 amide bonds. The number of hydrogen-bond acceptors (Lipinski definition) is 1. The fraction of sp³-hybridized carbons (Fsp3) is 0.143. The maximum Gasteiger partial charge on any atom is 0.124 e. The summed E-state index contributed by atoms with van der Waals surface area (Å²) in [5.74, 6) is -0.795. The van der Waals surface area contributed by atoms with Gasteiger partial charge in [-0.15, -0.1) is 0 Å². The number of rotatable bonds is 2. The highest BCUT2D eigenvalue weighted by molar-refractivity contribution is 6.32. The molecule has 0 radical (unpaired) electrons. The number of ether oxygens (including phenoxy) is 1. The van der Waals surface area contributed by atoms with Crippen molar-refractivity contribution in [3.63, 3.8) is 0 Å². The van der Waals surface area contributed by atoms with Crippen LogP contribution in [0.5, 0.6) is 0 Å². The Morgan fingerprint density at radius 3 is 1.58 bits per heavy atom. The quantitative estimate of drug-likeness (QED) is 0.704. The number of benzene rings is 2. The van der Waals surface area contributed by atoms with Crippen molar-refractivity contribution in [3.05, 3.63) is 69.2 Å². The topological polar surface area (TPSA) is 12.5 Å². The normalized spacial score (nSPS) is 21.5. The van der Waals surface area contributed by atoms with Crippen LogP contribution in [0, 0.1) is 11.6 Å². The van der Waals surface area contributed by atoms with Crippen LogP contribution in [0.2, 0.25) is 10.0 Å². The van der Waals surface area contributed by atoms with Gasteiger partial charge in [0.15, 0.2) is 0 Å². The highest BCUT2D eigenvalue weighted by atomic mass is 35.5.